The number of hydrogen-bond donors (Lipinski definition) is 0. The van der Waals surface area contributed by atoms with Gasteiger partial charge in [-0.25, -0.2) is 19.9 Å². The number of para-hydroxylation sites is 3. The van der Waals surface area contributed by atoms with Gasteiger partial charge in [0.1, 0.15) is 11.2 Å². The first-order valence-electron chi connectivity index (χ1n) is 21.9. The topological polar surface area (TPSA) is 64.7 Å². The lowest BCUT2D eigenvalue weighted by molar-refractivity contribution is 0.669. The summed E-state index contributed by atoms with van der Waals surface area (Å²) >= 11 is 1.87. The number of benzene rings is 9. The monoisotopic (exact) mass is 846 g/mol. The van der Waals surface area contributed by atoms with Gasteiger partial charge in [-0.3, -0.25) is 0 Å². The molecular weight excluding hydrogens is 813 g/mol. The molecule has 14 rings (SSSR count). The Balaban J connectivity index is 0.963. The van der Waals surface area contributed by atoms with Gasteiger partial charge in [0.2, 0.25) is 0 Å². The highest BCUT2D eigenvalue weighted by atomic mass is 32.2. The first-order chi connectivity index (χ1) is 32.2. The molecule has 3 aromatic heterocycles. The van der Waals surface area contributed by atoms with E-state index in [0.29, 0.717) is 17.5 Å². The van der Waals surface area contributed by atoms with Crippen molar-refractivity contribution in [2.45, 2.75) is 15.2 Å². The molecule has 1 aliphatic heterocycles. The molecule has 1 aliphatic carbocycles. The SMILES string of the molecule is c1ccc(-c2nc(-c3ccc(-c4nc5ccccc5c5c6c(ccc45)C4(c5ccccc5Sc5ccccc54)c4ccccc4-6)cc3)nc(-c3cccc4c3oc3ccccc34)n2)cc1. The van der Waals surface area contributed by atoms with Gasteiger partial charge < -0.3 is 4.42 Å². The molecule has 2 aliphatic rings. The number of fused-ring (bicyclic) bond motifs is 16. The minimum atomic E-state index is -0.470. The summed E-state index contributed by atoms with van der Waals surface area (Å²) in [6.07, 6.45) is 0. The van der Waals surface area contributed by atoms with Crippen molar-refractivity contribution in [3.8, 4) is 56.5 Å². The molecule has 12 aromatic rings. The average molecular weight is 847 g/mol. The van der Waals surface area contributed by atoms with E-state index >= 15 is 0 Å². The Morgan fingerprint density at radius 3 is 1.74 bits per heavy atom. The zero-order chi connectivity index (χ0) is 42.6. The molecule has 0 saturated carbocycles. The molecule has 0 radical (unpaired) electrons. The minimum Gasteiger partial charge on any atom is -0.455 e. The van der Waals surface area contributed by atoms with Crippen molar-refractivity contribution < 1.29 is 4.42 Å². The van der Waals surface area contributed by atoms with Gasteiger partial charge in [0.05, 0.1) is 22.2 Å². The Hall–Kier alpha value is -8.19. The Morgan fingerprint density at radius 2 is 0.954 bits per heavy atom. The van der Waals surface area contributed by atoms with Crippen LogP contribution in [0.2, 0.25) is 0 Å². The molecule has 0 saturated heterocycles. The van der Waals surface area contributed by atoms with E-state index in [1.807, 2.05) is 72.4 Å². The van der Waals surface area contributed by atoms with E-state index in [0.717, 1.165) is 66.2 Å². The number of nitrogens with zero attached hydrogens (tertiary/aromatic N) is 4. The summed E-state index contributed by atoms with van der Waals surface area (Å²) in [7, 11) is 0. The zero-order valence-corrected chi connectivity index (χ0v) is 35.6. The smallest absolute Gasteiger partial charge is 0.167 e. The number of rotatable bonds is 4. The van der Waals surface area contributed by atoms with Crippen molar-refractivity contribution in [2.75, 3.05) is 0 Å². The van der Waals surface area contributed by atoms with Crippen LogP contribution in [0.1, 0.15) is 22.3 Å². The number of aromatic nitrogens is 4. The standard InChI is InChI=1S/C59H34N4OS/c1-2-15-36(16-3-1)56-61-57(63-58(62-56)43-21-14-20-39-38-17-6-11-26-49(38)64-55(39)43)37-31-29-35(30-32-37)54-42-33-34-47-53(52(42)41-19-5-10-25-48(41)60-54)40-18-4-7-22-44(40)59(47)45-23-8-12-27-50(45)65-51-28-13-9-24-46(51)59/h1-34H. The van der Waals surface area contributed by atoms with Gasteiger partial charge in [0, 0.05) is 53.4 Å². The van der Waals surface area contributed by atoms with E-state index < -0.39 is 5.41 Å². The minimum absolute atomic E-state index is 0.470. The predicted octanol–water partition coefficient (Wildman–Crippen LogP) is 15.0. The molecule has 302 valence electrons. The lowest BCUT2D eigenvalue weighted by atomic mass is 9.67. The van der Waals surface area contributed by atoms with E-state index in [1.54, 1.807) is 0 Å². The lowest BCUT2D eigenvalue weighted by Gasteiger charge is -2.39. The number of furan rings is 1. The molecule has 9 aromatic carbocycles. The van der Waals surface area contributed by atoms with Gasteiger partial charge in [-0.1, -0.05) is 188 Å². The van der Waals surface area contributed by atoms with Crippen molar-refractivity contribution in [1.29, 1.82) is 0 Å². The number of hydrogen-bond acceptors (Lipinski definition) is 6. The zero-order valence-electron chi connectivity index (χ0n) is 34.7. The van der Waals surface area contributed by atoms with Crippen molar-refractivity contribution >= 4 is 55.4 Å². The summed E-state index contributed by atoms with van der Waals surface area (Å²) in [5, 5.41) is 5.56. The third-order valence-electron chi connectivity index (χ3n) is 13.4. The number of pyridine rings is 1. The quantitative estimate of drug-likeness (QED) is 0.164. The maximum atomic E-state index is 6.46. The van der Waals surface area contributed by atoms with Crippen molar-refractivity contribution in [3.05, 3.63) is 229 Å². The highest BCUT2D eigenvalue weighted by Crippen LogP contribution is 2.63. The Morgan fingerprint density at radius 1 is 0.369 bits per heavy atom. The van der Waals surface area contributed by atoms with Crippen LogP contribution in [0, 0.1) is 0 Å². The van der Waals surface area contributed by atoms with E-state index in [9.17, 15) is 0 Å². The average Bonchev–Trinajstić information content (AvgIpc) is 3.90. The summed E-state index contributed by atoms with van der Waals surface area (Å²) in [5.41, 5.74) is 14.4. The molecule has 65 heavy (non-hydrogen) atoms. The highest BCUT2D eigenvalue weighted by Gasteiger charge is 2.50. The summed E-state index contributed by atoms with van der Waals surface area (Å²) in [5.74, 6) is 1.73. The molecule has 0 fully saturated rings. The summed E-state index contributed by atoms with van der Waals surface area (Å²) < 4.78 is 6.46. The third-order valence-corrected chi connectivity index (χ3v) is 14.6. The largest absolute Gasteiger partial charge is 0.455 e. The second-order valence-corrected chi connectivity index (χ2v) is 17.9. The van der Waals surface area contributed by atoms with Crippen LogP contribution in [0.5, 0.6) is 0 Å². The second-order valence-electron chi connectivity index (χ2n) is 16.8. The normalized spacial score (nSPS) is 13.3. The molecule has 4 heterocycles. The van der Waals surface area contributed by atoms with Crippen LogP contribution in [0.3, 0.4) is 0 Å². The summed E-state index contributed by atoms with van der Waals surface area (Å²) in [6, 6.07) is 73.2. The Kier molecular flexibility index (Phi) is 7.77. The van der Waals surface area contributed by atoms with Crippen molar-refractivity contribution in [1.82, 2.24) is 19.9 Å². The highest BCUT2D eigenvalue weighted by molar-refractivity contribution is 7.99. The predicted molar refractivity (Wildman–Crippen MR) is 263 cm³/mol. The van der Waals surface area contributed by atoms with Gasteiger partial charge in [-0.15, -0.1) is 0 Å². The molecule has 0 bridgehead atoms. The van der Waals surface area contributed by atoms with Crippen LogP contribution < -0.4 is 0 Å². The Labute approximate surface area is 378 Å². The first-order valence-corrected chi connectivity index (χ1v) is 22.7. The van der Waals surface area contributed by atoms with Crippen LogP contribution in [-0.4, -0.2) is 19.9 Å². The molecule has 0 N–H and O–H groups in total. The fraction of sp³-hybridized carbons (Fsp3) is 0.0169. The Bertz CT molecular complexity index is 3890. The molecular formula is C59H34N4OS. The van der Waals surface area contributed by atoms with Crippen molar-refractivity contribution in [2.24, 2.45) is 0 Å². The lowest BCUT2D eigenvalue weighted by Crippen LogP contribution is -2.31. The van der Waals surface area contributed by atoms with Crippen molar-refractivity contribution in [3.63, 3.8) is 0 Å². The van der Waals surface area contributed by atoms with E-state index in [2.05, 4.69) is 146 Å². The van der Waals surface area contributed by atoms with Gasteiger partial charge in [-0.05, 0) is 63.7 Å². The van der Waals surface area contributed by atoms with E-state index in [-0.39, 0.29) is 0 Å². The van der Waals surface area contributed by atoms with E-state index in [1.165, 1.54) is 48.6 Å². The fourth-order valence-corrected chi connectivity index (χ4v) is 11.8. The van der Waals surface area contributed by atoms with Gasteiger partial charge in [0.15, 0.2) is 17.5 Å². The van der Waals surface area contributed by atoms with Crippen LogP contribution in [0.25, 0.3) is 100 Å². The summed E-state index contributed by atoms with van der Waals surface area (Å²) in [6.45, 7) is 0. The van der Waals surface area contributed by atoms with Crippen LogP contribution in [0.15, 0.2) is 220 Å². The van der Waals surface area contributed by atoms with Gasteiger partial charge >= 0.3 is 0 Å². The first kappa shape index (κ1) is 36.3. The van der Waals surface area contributed by atoms with Gasteiger partial charge in [-0.2, -0.15) is 0 Å². The van der Waals surface area contributed by atoms with Crippen LogP contribution >= 0.6 is 11.8 Å². The molecule has 6 heteroatoms. The van der Waals surface area contributed by atoms with Crippen LogP contribution in [0.4, 0.5) is 0 Å². The maximum Gasteiger partial charge on any atom is 0.167 e. The summed E-state index contributed by atoms with van der Waals surface area (Å²) in [4.78, 5) is 23.3. The molecule has 5 nitrogen and oxygen atoms in total. The van der Waals surface area contributed by atoms with Gasteiger partial charge in [0.25, 0.3) is 0 Å². The maximum absolute atomic E-state index is 6.46. The molecule has 1 spiro atoms. The molecule has 0 unspecified atom stereocenters. The fourth-order valence-electron chi connectivity index (χ4n) is 10.6. The second kappa shape index (κ2) is 13.9. The van der Waals surface area contributed by atoms with E-state index in [4.69, 9.17) is 24.4 Å². The van der Waals surface area contributed by atoms with Crippen LogP contribution in [-0.2, 0) is 5.41 Å². The molecule has 0 atom stereocenters. The third kappa shape index (κ3) is 5.23. The molecule has 0 amide bonds.